The molecule has 2 amide bonds. The number of amides is 2. The van der Waals surface area contributed by atoms with Gasteiger partial charge in [-0.15, -0.1) is 0 Å². The normalized spacial score (nSPS) is 24.4. The van der Waals surface area contributed by atoms with Gasteiger partial charge in [0.05, 0.1) is 12.7 Å². The van der Waals surface area contributed by atoms with Crippen LogP contribution in [0.5, 0.6) is 0 Å². The van der Waals surface area contributed by atoms with Crippen molar-refractivity contribution in [1.29, 1.82) is 0 Å². The van der Waals surface area contributed by atoms with Crippen LogP contribution < -0.4 is 5.32 Å². The second kappa shape index (κ2) is 6.57. The smallest absolute Gasteiger partial charge is 0.247 e. The summed E-state index contributed by atoms with van der Waals surface area (Å²) in [5.74, 6) is -0.0744. The van der Waals surface area contributed by atoms with Gasteiger partial charge in [-0.25, -0.2) is 0 Å². The van der Waals surface area contributed by atoms with Crippen LogP contribution in [0.2, 0.25) is 0 Å². The first-order valence-electron chi connectivity index (χ1n) is 7.71. The molecule has 0 aromatic rings. The van der Waals surface area contributed by atoms with E-state index in [-0.39, 0.29) is 11.8 Å². The number of carbonyl (C=O) groups excluding carboxylic acids is 2. The molecule has 0 atom stereocenters. The van der Waals surface area contributed by atoms with E-state index < -0.39 is 5.54 Å². The molecule has 1 saturated carbocycles. The second-order valence-electron chi connectivity index (χ2n) is 6.35. The van der Waals surface area contributed by atoms with Crippen LogP contribution in [0.1, 0.15) is 52.4 Å². The molecule has 20 heavy (non-hydrogen) atoms. The Morgan fingerprint density at radius 1 is 1.25 bits per heavy atom. The summed E-state index contributed by atoms with van der Waals surface area (Å²) in [4.78, 5) is 25.7. The zero-order chi connectivity index (χ0) is 14.6. The van der Waals surface area contributed by atoms with Gasteiger partial charge in [0.25, 0.3) is 0 Å². The molecule has 0 radical (unpaired) electrons. The minimum Gasteiger partial charge on any atom is -0.376 e. The average Bonchev–Trinajstić information content (AvgIpc) is 2.50. The third kappa shape index (κ3) is 3.95. The van der Waals surface area contributed by atoms with Crippen LogP contribution in [0.3, 0.4) is 0 Å². The topological polar surface area (TPSA) is 58.6 Å². The molecule has 2 rings (SSSR count). The molecular weight excluding hydrogens is 256 g/mol. The van der Waals surface area contributed by atoms with Gasteiger partial charge in [0.15, 0.2) is 0 Å². The van der Waals surface area contributed by atoms with Gasteiger partial charge in [-0.1, -0.05) is 19.3 Å². The van der Waals surface area contributed by atoms with Gasteiger partial charge in [-0.3, -0.25) is 9.59 Å². The van der Waals surface area contributed by atoms with Crippen molar-refractivity contribution in [3.05, 3.63) is 0 Å². The molecule has 2 fully saturated rings. The van der Waals surface area contributed by atoms with Crippen molar-refractivity contribution < 1.29 is 14.3 Å². The van der Waals surface area contributed by atoms with Gasteiger partial charge in [-0.05, 0) is 26.7 Å². The van der Waals surface area contributed by atoms with Crippen LogP contribution in [0.25, 0.3) is 0 Å². The van der Waals surface area contributed by atoms with Crippen LogP contribution >= 0.6 is 0 Å². The fourth-order valence-corrected chi connectivity index (χ4v) is 2.97. The predicted octanol–water partition coefficient (Wildman–Crippen LogP) is 1.46. The number of rotatable bonds is 4. The van der Waals surface area contributed by atoms with Crippen LogP contribution in [-0.2, 0) is 14.3 Å². The Bertz CT molecular complexity index is 362. The Kier molecular flexibility index (Phi) is 5.02. The molecule has 1 aliphatic heterocycles. The van der Waals surface area contributed by atoms with Crippen molar-refractivity contribution in [3.63, 3.8) is 0 Å². The van der Waals surface area contributed by atoms with E-state index in [0.717, 1.165) is 12.8 Å². The maximum Gasteiger partial charge on any atom is 0.247 e. The summed E-state index contributed by atoms with van der Waals surface area (Å²) in [6.45, 7) is 5.15. The molecule has 114 valence electrons. The zero-order valence-electron chi connectivity index (χ0n) is 12.6. The summed E-state index contributed by atoms with van der Waals surface area (Å²) in [7, 11) is 0. The van der Waals surface area contributed by atoms with Crippen LogP contribution in [0, 0.1) is 0 Å². The van der Waals surface area contributed by atoms with E-state index in [1.165, 1.54) is 19.3 Å². The average molecular weight is 282 g/mol. The van der Waals surface area contributed by atoms with Crippen LogP contribution in [-0.4, -0.2) is 48.1 Å². The van der Waals surface area contributed by atoms with Crippen LogP contribution in [0.4, 0.5) is 0 Å². The third-order valence-corrected chi connectivity index (χ3v) is 4.15. The Balaban J connectivity index is 1.81. The molecule has 0 unspecified atom stereocenters. The van der Waals surface area contributed by atoms with Gasteiger partial charge in [-0.2, -0.15) is 0 Å². The second-order valence-corrected chi connectivity index (χ2v) is 6.35. The summed E-state index contributed by atoms with van der Waals surface area (Å²) in [6.07, 6.45) is 6.82. The molecular formula is C15H26N2O3. The number of carbonyl (C=O) groups is 2. The summed E-state index contributed by atoms with van der Waals surface area (Å²) >= 11 is 0. The van der Waals surface area contributed by atoms with E-state index in [9.17, 15) is 9.59 Å². The van der Waals surface area contributed by atoms with Crippen molar-refractivity contribution in [2.24, 2.45) is 0 Å². The quantitative estimate of drug-likeness (QED) is 0.849. The predicted molar refractivity (Wildman–Crippen MR) is 76.2 cm³/mol. The Labute approximate surface area is 121 Å². The number of hydrogen-bond acceptors (Lipinski definition) is 3. The lowest BCUT2D eigenvalue weighted by atomic mass is 9.98. The van der Waals surface area contributed by atoms with Crippen molar-refractivity contribution >= 4 is 11.8 Å². The van der Waals surface area contributed by atoms with Gasteiger partial charge in [0.2, 0.25) is 11.8 Å². The van der Waals surface area contributed by atoms with Crippen LogP contribution in [0.15, 0.2) is 0 Å². The lowest BCUT2D eigenvalue weighted by Gasteiger charge is -2.29. The molecule has 2 aliphatic rings. The fraction of sp³-hybridized carbons (Fsp3) is 0.867. The van der Waals surface area contributed by atoms with E-state index in [4.69, 9.17) is 4.74 Å². The molecule has 1 aliphatic carbocycles. The number of nitrogens with one attached hydrogen (secondary N) is 1. The van der Waals surface area contributed by atoms with E-state index >= 15 is 0 Å². The summed E-state index contributed by atoms with van der Waals surface area (Å²) in [6, 6.07) is 0. The first kappa shape index (κ1) is 15.3. The van der Waals surface area contributed by atoms with E-state index in [0.29, 0.717) is 32.2 Å². The highest BCUT2D eigenvalue weighted by Gasteiger charge is 2.36. The van der Waals surface area contributed by atoms with Gasteiger partial charge in [0.1, 0.15) is 5.54 Å². The Morgan fingerprint density at radius 2 is 1.95 bits per heavy atom. The fourth-order valence-electron chi connectivity index (χ4n) is 2.97. The van der Waals surface area contributed by atoms with E-state index in [1.807, 2.05) is 0 Å². The minimum absolute atomic E-state index is 0.0180. The van der Waals surface area contributed by atoms with Crippen molar-refractivity contribution in [2.45, 2.75) is 64.0 Å². The standard InChI is InChI=1S/C15H26N2O3/c1-15(2)14(19)17(9-8-13(18)16-15)10-11-20-12-6-4-3-5-7-12/h12H,3-11H2,1-2H3,(H,16,18). The summed E-state index contributed by atoms with van der Waals surface area (Å²) in [5.41, 5.74) is -0.807. The molecule has 5 heteroatoms. The number of hydrogen-bond donors (Lipinski definition) is 1. The molecule has 0 spiro atoms. The molecule has 1 heterocycles. The summed E-state index contributed by atoms with van der Waals surface area (Å²) in [5, 5.41) is 2.77. The minimum atomic E-state index is -0.807. The van der Waals surface area contributed by atoms with E-state index in [2.05, 4.69) is 5.32 Å². The summed E-state index contributed by atoms with van der Waals surface area (Å²) < 4.78 is 5.87. The lowest BCUT2D eigenvalue weighted by Crippen LogP contribution is -2.53. The highest BCUT2D eigenvalue weighted by Crippen LogP contribution is 2.20. The molecule has 1 saturated heterocycles. The molecule has 5 nitrogen and oxygen atoms in total. The number of nitrogens with zero attached hydrogens (tertiary/aromatic N) is 1. The maximum atomic E-state index is 12.4. The monoisotopic (exact) mass is 282 g/mol. The highest BCUT2D eigenvalue weighted by molar-refractivity contribution is 5.92. The maximum absolute atomic E-state index is 12.4. The largest absolute Gasteiger partial charge is 0.376 e. The van der Waals surface area contributed by atoms with Crippen molar-refractivity contribution in [1.82, 2.24) is 10.2 Å². The first-order chi connectivity index (χ1) is 9.49. The molecule has 0 aromatic carbocycles. The van der Waals surface area contributed by atoms with Crippen molar-refractivity contribution in [2.75, 3.05) is 19.7 Å². The molecule has 0 aromatic heterocycles. The highest BCUT2D eigenvalue weighted by atomic mass is 16.5. The number of ether oxygens (including phenoxy) is 1. The molecule has 1 N–H and O–H groups in total. The lowest BCUT2D eigenvalue weighted by molar-refractivity contribution is -0.138. The Hall–Kier alpha value is -1.10. The SMILES string of the molecule is CC1(C)NC(=O)CCN(CCOC2CCCCC2)C1=O. The van der Waals surface area contributed by atoms with Gasteiger partial charge < -0.3 is 15.0 Å². The van der Waals surface area contributed by atoms with Crippen molar-refractivity contribution in [3.8, 4) is 0 Å². The van der Waals surface area contributed by atoms with Gasteiger partial charge in [0, 0.05) is 19.5 Å². The zero-order valence-corrected chi connectivity index (χ0v) is 12.6. The van der Waals surface area contributed by atoms with E-state index in [1.54, 1.807) is 18.7 Å². The molecule has 0 bridgehead atoms. The third-order valence-electron chi connectivity index (χ3n) is 4.15. The first-order valence-corrected chi connectivity index (χ1v) is 7.71. The van der Waals surface area contributed by atoms with Gasteiger partial charge >= 0.3 is 0 Å². The Morgan fingerprint density at radius 3 is 2.65 bits per heavy atom.